The molecule has 0 atom stereocenters. The van der Waals surface area contributed by atoms with Crippen LogP contribution in [0.2, 0.25) is 18.1 Å². The standard InChI is InChI=1S/C21H48O6Si3/c1-7-13-16-22-19-28(10-4)25-29(11-5,20-23-17-14-8-2)27-30(12-6,26-28)21-24-18-15-9-3/h7-21H2,1-6H3. The Kier molecular flexibility index (Phi) is 14.5. The third-order valence-electron chi connectivity index (χ3n) is 5.62. The van der Waals surface area contributed by atoms with Gasteiger partial charge in [-0.15, -0.1) is 0 Å². The molecule has 1 heterocycles. The van der Waals surface area contributed by atoms with Crippen LogP contribution in [0.5, 0.6) is 0 Å². The maximum atomic E-state index is 6.87. The summed E-state index contributed by atoms with van der Waals surface area (Å²) in [7, 11) is -7.62. The Bertz CT molecular complexity index is 373. The Labute approximate surface area is 189 Å². The maximum Gasteiger partial charge on any atom is 0.347 e. The molecule has 0 bridgehead atoms. The highest BCUT2D eigenvalue weighted by Crippen LogP contribution is 2.37. The van der Waals surface area contributed by atoms with Crippen molar-refractivity contribution in [2.24, 2.45) is 0 Å². The van der Waals surface area contributed by atoms with Crippen LogP contribution in [0.1, 0.15) is 80.1 Å². The summed E-state index contributed by atoms with van der Waals surface area (Å²) >= 11 is 0. The molecule has 1 aliphatic rings. The Morgan fingerprint density at radius 3 is 0.933 bits per heavy atom. The van der Waals surface area contributed by atoms with Gasteiger partial charge < -0.3 is 26.6 Å². The third kappa shape index (κ3) is 9.11. The minimum Gasteiger partial charge on any atom is -0.413 e. The highest BCUT2D eigenvalue weighted by atomic mass is 28.5. The van der Waals surface area contributed by atoms with Crippen molar-refractivity contribution in [2.45, 2.75) is 98.2 Å². The zero-order valence-corrected chi connectivity index (χ0v) is 23.6. The van der Waals surface area contributed by atoms with Crippen LogP contribution < -0.4 is 0 Å². The molecule has 0 N–H and O–H groups in total. The molecule has 0 unspecified atom stereocenters. The second kappa shape index (κ2) is 15.3. The van der Waals surface area contributed by atoms with Crippen molar-refractivity contribution in [3.05, 3.63) is 0 Å². The van der Waals surface area contributed by atoms with Crippen molar-refractivity contribution in [3.8, 4) is 0 Å². The molecule has 0 amide bonds. The fraction of sp³-hybridized carbons (Fsp3) is 1.00. The van der Waals surface area contributed by atoms with Crippen molar-refractivity contribution in [1.29, 1.82) is 0 Å². The maximum absolute atomic E-state index is 6.87. The van der Waals surface area contributed by atoms with Crippen molar-refractivity contribution in [1.82, 2.24) is 0 Å². The van der Waals surface area contributed by atoms with Gasteiger partial charge in [0.1, 0.15) is 0 Å². The molecule has 6 nitrogen and oxygen atoms in total. The molecule has 0 aliphatic carbocycles. The van der Waals surface area contributed by atoms with Gasteiger partial charge in [-0.05, 0) is 37.4 Å². The Morgan fingerprint density at radius 1 is 0.467 bits per heavy atom. The van der Waals surface area contributed by atoms with Crippen molar-refractivity contribution >= 4 is 25.7 Å². The molecule has 0 radical (unpaired) electrons. The Hall–Kier alpha value is 0.411. The van der Waals surface area contributed by atoms with Crippen LogP contribution >= 0.6 is 0 Å². The van der Waals surface area contributed by atoms with E-state index in [4.69, 9.17) is 26.6 Å². The normalized spacial score (nSPS) is 29.4. The topological polar surface area (TPSA) is 55.4 Å². The molecular weight excluding hydrogens is 432 g/mol. The van der Waals surface area contributed by atoms with Gasteiger partial charge in [0.25, 0.3) is 0 Å². The fourth-order valence-corrected chi connectivity index (χ4v) is 20.0. The highest BCUT2D eigenvalue weighted by molar-refractivity contribution is 6.94. The Morgan fingerprint density at radius 2 is 0.733 bits per heavy atom. The van der Waals surface area contributed by atoms with Gasteiger partial charge in [0.15, 0.2) is 0 Å². The average Bonchev–Trinajstić information content (AvgIpc) is 2.77. The molecular formula is C21H48O6Si3. The van der Waals surface area contributed by atoms with Gasteiger partial charge in [0.05, 0.1) is 18.7 Å². The summed E-state index contributed by atoms with van der Waals surface area (Å²) in [6.45, 7) is 15.4. The first kappa shape index (κ1) is 28.4. The minimum atomic E-state index is -2.54. The second-order valence-corrected chi connectivity index (χ2v) is 19.2. The van der Waals surface area contributed by atoms with E-state index >= 15 is 0 Å². The van der Waals surface area contributed by atoms with Crippen molar-refractivity contribution in [2.75, 3.05) is 38.5 Å². The molecule has 0 spiro atoms. The first-order chi connectivity index (χ1) is 14.5. The minimum absolute atomic E-state index is 0.584. The zero-order chi connectivity index (χ0) is 22.3. The summed E-state index contributed by atoms with van der Waals surface area (Å²) in [6, 6.07) is 2.61. The molecule has 1 saturated heterocycles. The molecule has 1 aliphatic heterocycles. The molecule has 1 fully saturated rings. The van der Waals surface area contributed by atoms with E-state index in [1.165, 1.54) is 0 Å². The number of hydrogen-bond donors (Lipinski definition) is 0. The van der Waals surface area contributed by atoms with Crippen LogP contribution in [0.25, 0.3) is 0 Å². The monoisotopic (exact) mass is 480 g/mol. The van der Waals surface area contributed by atoms with Gasteiger partial charge in [0.2, 0.25) is 0 Å². The number of rotatable bonds is 18. The van der Waals surface area contributed by atoms with Gasteiger partial charge >= 0.3 is 25.7 Å². The number of unbranched alkanes of at least 4 members (excludes halogenated alkanes) is 3. The first-order valence-corrected chi connectivity index (χ1v) is 19.0. The zero-order valence-electron chi connectivity index (χ0n) is 20.6. The Balaban J connectivity index is 3.04. The molecule has 0 aromatic heterocycles. The lowest BCUT2D eigenvalue weighted by Crippen LogP contribution is -2.74. The highest BCUT2D eigenvalue weighted by Gasteiger charge is 2.61. The molecule has 9 heteroatoms. The summed E-state index contributed by atoms with van der Waals surface area (Å²) in [5.74, 6) is 0. The lowest BCUT2D eigenvalue weighted by molar-refractivity contribution is 0.0828. The molecule has 1 rings (SSSR count). The van der Waals surface area contributed by atoms with E-state index in [9.17, 15) is 0 Å². The first-order valence-electron chi connectivity index (χ1n) is 12.3. The van der Waals surface area contributed by atoms with E-state index < -0.39 is 25.7 Å². The quantitative estimate of drug-likeness (QED) is 0.191. The van der Waals surface area contributed by atoms with Crippen LogP contribution in [0.4, 0.5) is 0 Å². The van der Waals surface area contributed by atoms with E-state index in [0.717, 1.165) is 76.5 Å². The predicted octanol–water partition coefficient (Wildman–Crippen LogP) is 5.50. The average molecular weight is 481 g/mol. The van der Waals surface area contributed by atoms with Crippen LogP contribution in [0, 0.1) is 0 Å². The molecule has 0 saturated carbocycles. The van der Waals surface area contributed by atoms with E-state index in [-0.39, 0.29) is 0 Å². The van der Waals surface area contributed by atoms with Gasteiger partial charge in [-0.1, -0.05) is 60.8 Å². The van der Waals surface area contributed by atoms with E-state index in [2.05, 4.69) is 41.5 Å². The molecule has 30 heavy (non-hydrogen) atoms. The lowest BCUT2D eigenvalue weighted by Gasteiger charge is -2.52. The molecule has 180 valence electrons. The summed E-state index contributed by atoms with van der Waals surface area (Å²) < 4.78 is 38.9. The van der Waals surface area contributed by atoms with Crippen LogP contribution in [-0.2, 0) is 26.6 Å². The number of hydrogen-bond acceptors (Lipinski definition) is 6. The van der Waals surface area contributed by atoms with Gasteiger partial charge in [-0.25, -0.2) is 0 Å². The lowest BCUT2D eigenvalue weighted by atomic mass is 10.4. The molecule has 0 aromatic rings. The second-order valence-electron chi connectivity index (χ2n) is 8.32. The largest absolute Gasteiger partial charge is 0.413 e. The summed E-state index contributed by atoms with van der Waals surface area (Å²) in [5.41, 5.74) is 0. The number of ether oxygens (including phenoxy) is 3. The van der Waals surface area contributed by atoms with Gasteiger partial charge in [0, 0.05) is 19.8 Å². The SMILES string of the molecule is CCCCOC[Si]1(CC)O[Si](CC)(COCCCC)O[Si](CC)(COCCCC)O1. The summed E-state index contributed by atoms with van der Waals surface area (Å²) in [6.07, 6.45) is 8.34. The van der Waals surface area contributed by atoms with Gasteiger partial charge in [-0.2, -0.15) is 0 Å². The van der Waals surface area contributed by atoms with Crippen molar-refractivity contribution in [3.63, 3.8) is 0 Å². The van der Waals surface area contributed by atoms with E-state index in [0.29, 0.717) is 18.7 Å². The van der Waals surface area contributed by atoms with Gasteiger partial charge in [-0.3, -0.25) is 0 Å². The van der Waals surface area contributed by atoms with E-state index in [1.807, 2.05) is 0 Å². The predicted molar refractivity (Wildman–Crippen MR) is 129 cm³/mol. The van der Waals surface area contributed by atoms with E-state index in [1.54, 1.807) is 0 Å². The molecule has 0 aromatic carbocycles. The summed E-state index contributed by atoms with van der Waals surface area (Å²) in [4.78, 5) is 0. The van der Waals surface area contributed by atoms with Crippen LogP contribution in [-0.4, -0.2) is 64.2 Å². The van der Waals surface area contributed by atoms with Crippen LogP contribution in [0.3, 0.4) is 0 Å². The fourth-order valence-electron chi connectivity index (χ4n) is 3.42. The summed E-state index contributed by atoms with van der Waals surface area (Å²) in [5, 5.41) is 0. The smallest absolute Gasteiger partial charge is 0.347 e. The third-order valence-corrected chi connectivity index (χ3v) is 19.7. The van der Waals surface area contributed by atoms with Crippen molar-refractivity contribution < 1.29 is 26.6 Å². The van der Waals surface area contributed by atoms with Crippen LogP contribution in [0.15, 0.2) is 0 Å².